The molecule has 0 fully saturated rings. The van der Waals surface area contributed by atoms with Crippen LogP contribution in [0.1, 0.15) is 5.56 Å². The van der Waals surface area contributed by atoms with Gasteiger partial charge in [-0.2, -0.15) is 5.10 Å². The zero-order valence-electron chi connectivity index (χ0n) is 9.18. The molecule has 2 rings (SSSR count). The molecule has 18 heavy (non-hydrogen) atoms. The first-order chi connectivity index (χ1) is 8.79. The Bertz CT molecular complexity index is 595. The molecular weight excluding hydrogens is 254 g/mol. The molecule has 8 heteroatoms. The van der Waals surface area contributed by atoms with Crippen molar-refractivity contribution >= 4 is 17.7 Å². The van der Waals surface area contributed by atoms with Crippen LogP contribution < -0.4 is 0 Å². The molecule has 2 aromatic heterocycles. The number of hydrogen-bond acceptors (Lipinski definition) is 4. The van der Waals surface area contributed by atoms with Crippen molar-refractivity contribution < 1.29 is 0 Å². The zero-order valence-corrected chi connectivity index (χ0v) is 9.94. The first-order valence-corrected chi connectivity index (χ1v) is 5.39. The first-order valence-electron chi connectivity index (χ1n) is 5.01. The molecule has 90 valence electrons. The molecule has 0 amide bonds. The van der Waals surface area contributed by atoms with Crippen LogP contribution in [-0.4, -0.2) is 26.5 Å². The minimum Gasteiger partial charge on any atom is -0.220 e. The maximum absolute atomic E-state index is 8.12. The highest BCUT2D eigenvalue weighted by Gasteiger charge is 2.00. The van der Waals surface area contributed by atoms with E-state index in [-0.39, 0.29) is 0 Å². The lowest BCUT2D eigenvalue weighted by Gasteiger charge is -1.97. The largest absolute Gasteiger partial charge is 0.220 e. The van der Waals surface area contributed by atoms with Gasteiger partial charge in [-0.15, -0.1) is 10.2 Å². The van der Waals surface area contributed by atoms with E-state index >= 15 is 0 Å². The highest BCUT2D eigenvalue weighted by atomic mass is 35.5. The summed E-state index contributed by atoms with van der Waals surface area (Å²) in [6, 6.07) is 3.36. The molecule has 0 aliphatic carbocycles. The molecule has 0 atom stereocenters. The zero-order chi connectivity index (χ0) is 12.8. The Morgan fingerprint density at radius 3 is 3.06 bits per heavy atom. The van der Waals surface area contributed by atoms with Gasteiger partial charge in [0.25, 0.3) is 0 Å². The molecule has 2 aromatic rings. The van der Waals surface area contributed by atoms with Crippen LogP contribution in [0.25, 0.3) is 22.3 Å². The summed E-state index contributed by atoms with van der Waals surface area (Å²) >= 11 is 5.65. The molecule has 0 aliphatic heterocycles. The van der Waals surface area contributed by atoms with E-state index in [9.17, 15) is 0 Å². The summed E-state index contributed by atoms with van der Waals surface area (Å²) in [6.45, 7) is 0.308. The quantitative estimate of drug-likeness (QED) is 0.481. The Hall–Kier alpha value is -2.37. The van der Waals surface area contributed by atoms with Gasteiger partial charge < -0.3 is 0 Å². The molecule has 0 saturated heterocycles. The van der Waals surface area contributed by atoms with Crippen molar-refractivity contribution in [2.24, 2.45) is 5.11 Å². The number of aromatic nitrogens is 4. The van der Waals surface area contributed by atoms with E-state index in [0.717, 1.165) is 5.56 Å². The van der Waals surface area contributed by atoms with Crippen LogP contribution in [0.4, 0.5) is 0 Å². The first kappa shape index (κ1) is 12.1. The third-order valence-corrected chi connectivity index (χ3v) is 2.22. The minimum absolute atomic E-state index is 0.308. The number of rotatable bonds is 4. The minimum atomic E-state index is 0.308. The summed E-state index contributed by atoms with van der Waals surface area (Å²) in [7, 11) is 0. The Balaban J connectivity index is 2.12. The average Bonchev–Trinajstić information content (AvgIpc) is 2.84. The monoisotopic (exact) mass is 261 g/mol. The fourth-order valence-corrected chi connectivity index (χ4v) is 1.35. The van der Waals surface area contributed by atoms with Crippen LogP contribution in [0.2, 0.25) is 5.15 Å². The van der Waals surface area contributed by atoms with Gasteiger partial charge in [0.2, 0.25) is 0 Å². The summed E-state index contributed by atoms with van der Waals surface area (Å²) < 4.78 is 1.58. The van der Waals surface area contributed by atoms with Crippen LogP contribution in [-0.2, 0) is 0 Å². The van der Waals surface area contributed by atoms with Gasteiger partial charge in [0.05, 0.1) is 6.20 Å². The standard InChI is InChI=1S/C10H8ClN7/c11-9-3-4-10(16-15-9)18-7-8(6-14-18)2-1-5-13-17-12/h1-4,6-7H,5H2. The topological polar surface area (TPSA) is 92.4 Å². The maximum atomic E-state index is 8.12. The Kier molecular flexibility index (Phi) is 3.90. The molecule has 0 N–H and O–H groups in total. The highest BCUT2D eigenvalue weighted by molar-refractivity contribution is 6.29. The fraction of sp³-hybridized carbons (Fsp3) is 0.100. The van der Waals surface area contributed by atoms with E-state index < -0.39 is 0 Å². The van der Waals surface area contributed by atoms with Gasteiger partial charge in [-0.25, -0.2) is 4.68 Å². The van der Waals surface area contributed by atoms with Crippen LogP contribution in [0.3, 0.4) is 0 Å². The van der Waals surface area contributed by atoms with Gasteiger partial charge in [0.1, 0.15) is 0 Å². The molecular formula is C10H8ClN7. The third-order valence-electron chi connectivity index (χ3n) is 2.02. The molecule has 0 radical (unpaired) electrons. The number of nitrogens with zero attached hydrogens (tertiary/aromatic N) is 7. The molecule has 7 nitrogen and oxygen atoms in total. The summed E-state index contributed by atoms with van der Waals surface area (Å²) in [4.78, 5) is 2.65. The maximum Gasteiger partial charge on any atom is 0.175 e. The summed E-state index contributed by atoms with van der Waals surface area (Å²) in [5, 5.41) is 15.5. The van der Waals surface area contributed by atoms with Gasteiger partial charge >= 0.3 is 0 Å². The van der Waals surface area contributed by atoms with Crippen molar-refractivity contribution in [1.29, 1.82) is 0 Å². The fourth-order valence-electron chi connectivity index (χ4n) is 1.25. The summed E-state index contributed by atoms with van der Waals surface area (Å²) in [5.41, 5.74) is 9.00. The second-order valence-corrected chi connectivity index (χ2v) is 3.64. The number of hydrogen-bond donors (Lipinski definition) is 0. The van der Waals surface area contributed by atoms with Crippen molar-refractivity contribution in [3.05, 3.63) is 51.8 Å². The van der Waals surface area contributed by atoms with Gasteiger partial charge in [-0.1, -0.05) is 28.9 Å². The van der Waals surface area contributed by atoms with Crippen molar-refractivity contribution in [3.8, 4) is 5.82 Å². The van der Waals surface area contributed by atoms with Gasteiger partial charge in [-0.3, -0.25) is 0 Å². The third kappa shape index (κ3) is 3.07. The Morgan fingerprint density at radius 1 is 1.44 bits per heavy atom. The lowest BCUT2D eigenvalue weighted by molar-refractivity contribution is 0.814. The predicted molar refractivity (Wildman–Crippen MR) is 67.2 cm³/mol. The molecule has 0 saturated carbocycles. The highest BCUT2D eigenvalue weighted by Crippen LogP contribution is 2.08. The van der Waals surface area contributed by atoms with E-state index in [0.29, 0.717) is 17.5 Å². The van der Waals surface area contributed by atoms with Crippen LogP contribution >= 0.6 is 11.6 Å². The summed E-state index contributed by atoms with van der Waals surface area (Å²) in [6.07, 6.45) is 7.00. The van der Waals surface area contributed by atoms with E-state index in [4.69, 9.17) is 17.1 Å². The number of halogens is 1. The van der Waals surface area contributed by atoms with E-state index in [1.54, 1.807) is 35.3 Å². The van der Waals surface area contributed by atoms with E-state index in [1.165, 1.54) is 0 Å². The lowest BCUT2D eigenvalue weighted by atomic mass is 10.3. The smallest absolute Gasteiger partial charge is 0.175 e. The number of azide groups is 1. The molecule has 0 spiro atoms. The SMILES string of the molecule is [N-]=[N+]=NCC=Cc1cnn(-c2ccc(Cl)nn2)c1. The Labute approximate surface area is 107 Å². The van der Waals surface area contributed by atoms with Crippen LogP contribution in [0, 0.1) is 0 Å². The normalized spacial score (nSPS) is 10.5. The second kappa shape index (κ2) is 5.81. The van der Waals surface area contributed by atoms with Crippen LogP contribution in [0.15, 0.2) is 35.7 Å². The van der Waals surface area contributed by atoms with Gasteiger partial charge in [0.15, 0.2) is 11.0 Å². The predicted octanol–water partition coefficient (Wildman–Crippen LogP) is 2.64. The van der Waals surface area contributed by atoms with Crippen LogP contribution in [0.5, 0.6) is 0 Å². The van der Waals surface area contributed by atoms with Crippen molar-refractivity contribution in [2.75, 3.05) is 6.54 Å². The molecule has 0 aliphatic rings. The van der Waals surface area contributed by atoms with Gasteiger partial charge in [0, 0.05) is 23.2 Å². The van der Waals surface area contributed by atoms with E-state index in [1.807, 2.05) is 6.08 Å². The summed E-state index contributed by atoms with van der Waals surface area (Å²) in [5.74, 6) is 0.578. The molecule has 0 bridgehead atoms. The van der Waals surface area contributed by atoms with Gasteiger partial charge in [-0.05, 0) is 17.7 Å². The van der Waals surface area contributed by atoms with Crippen molar-refractivity contribution in [3.63, 3.8) is 0 Å². The molecule has 2 heterocycles. The second-order valence-electron chi connectivity index (χ2n) is 3.25. The molecule has 0 unspecified atom stereocenters. The average molecular weight is 262 g/mol. The van der Waals surface area contributed by atoms with E-state index in [2.05, 4.69) is 25.3 Å². The van der Waals surface area contributed by atoms with Crippen molar-refractivity contribution in [1.82, 2.24) is 20.0 Å². The van der Waals surface area contributed by atoms with Crippen molar-refractivity contribution in [2.45, 2.75) is 0 Å². The Morgan fingerprint density at radius 2 is 2.33 bits per heavy atom. The lowest BCUT2D eigenvalue weighted by Crippen LogP contribution is -1.98. The molecule has 0 aromatic carbocycles.